The first-order valence-corrected chi connectivity index (χ1v) is 10.4. The molecule has 6 nitrogen and oxygen atoms in total. The van der Waals surface area contributed by atoms with Crippen LogP contribution in [0.25, 0.3) is 0 Å². The molecule has 0 radical (unpaired) electrons. The van der Waals surface area contributed by atoms with Crippen molar-refractivity contribution in [1.82, 2.24) is 14.8 Å². The van der Waals surface area contributed by atoms with E-state index in [2.05, 4.69) is 33.0 Å². The van der Waals surface area contributed by atoms with Crippen LogP contribution in [0.1, 0.15) is 40.7 Å². The number of amides is 1. The molecule has 0 atom stereocenters. The Kier molecular flexibility index (Phi) is 6.06. The molecule has 2 aliphatic heterocycles. The van der Waals surface area contributed by atoms with E-state index in [-0.39, 0.29) is 5.91 Å². The molecule has 0 bridgehead atoms. The number of aromatic nitrogens is 1. The summed E-state index contributed by atoms with van der Waals surface area (Å²) in [6.07, 6.45) is 5.59. The second kappa shape index (κ2) is 9.06. The Morgan fingerprint density at radius 3 is 2.38 bits per heavy atom. The second-order valence-electron chi connectivity index (χ2n) is 7.83. The number of anilines is 1. The molecule has 2 fully saturated rings. The molecule has 29 heavy (non-hydrogen) atoms. The normalized spacial score (nSPS) is 17.8. The van der Waals surface area contributed by atoms with E-state index >= 15 is 0 Å². The van der Waals surface area contributed by atoms with Gasteiger partial charge in [0.25, 0.3) is 5.91 Å². The van der Waals surface area contributed by atoms with Gasteiger partial charge in [0.1, 0.15) is 5.82 Å². The predicted molar refractivity (Wildman–Crippen MR) is 113 cm³/mol. The van der Waals surface area contributed by atoms with Crippen LogP contribution in [0.5, 0.6) is 0 Å². The number of benzene rings is 1. The Balaban J connectivity index is 1.32. The Labute approximate surface area is 172 Å². The molecule has 1 aromatic carbocycles. The minimum atomic E-state index is 0.0907. The van der Waals surface area contributed by atoms with Gasteiger partial charge >= 0.3 is 0 Å². The first kappa shape index (κ1) is 19.4. The Bertz CT molecular complexity index is 875. The van der Waals surface area contributed by atoms with E-state index in [0.29, 0.717) is 18.7 Å². The van der Waals surface area contributed by atoms with Crippen LogP contribution < -0.4 is 4.90 Å². The third-order valence-corrected chi connectivity index (χ3v) is 5.82. The van der Waals surface area contributed by atoms with Gasteiger partial charge in [0.2, 0.25) is 0 Å². The van der Waals surface area contributed by atoms with Crippen LogP contribution in [-0.2, 0) is 6.54 Å². The van der Waals surface area contributed by atoms with Gasteiger partial charge in [-0.15, -0.1) is 0 Å². The second-order valence-corrected chi connectivity index (χ2v) is 7.83. The van der Waals surface area contributed by atoms with Gasteiger partial charge in [0, 0.05) is 44.5 Å². The third-order valence-electron chi connectivity index (χ3n) is 5.82. The number of piperidine rings is 1. The van der Waals surface area contributed by atoms with Gasteiger partial charge in [-0.1, -0.05) is 18.6 Å². The molecular formula is C23H27N5O. The van der Waals surface area contributed by atoms with E-state index in [1.807, 2.05) is 17.0 Å². The van der Waals surface area contributed by atoms with E-state index in [1.54, 1.807) is 18.3 Å². The fourth-order valence-electron chi connectivity index (χ4n) is 4.11. The maximum atomic E-state index is 12.9. The van der Waals surface area contributed by atoms with Gasteiger partial charge in [-0.05, 0) is 55.8 Å². The Morgan fingerprint density at radius 1 is 0.966 bits per heavy atom. The van der Waals surface area contributed by atoms with Crippen molar-refractivity contribution in [3.05, 3.63) is 59.3 Å². The summed E-state index contributed by atoms with van der Waals surface area (Å²) in [5, 5.41) is 9.06. The van der Waals surface area contributed by atoms with Gasteiger partial charge in [-0.2, -0.15) is 5.26 Å². The van der Waals surface area contributed by atoms with Crippen molar-refractivity contribution in [2.45, 2.75) is 25.8 Å². The maximum Gasteiger partial charge on any atom is 0.253 e. The fraction of sp³-hybridized carbons (Fsp3) is 0.435. The van der Waals surface area contributed by atoms with E-state index in [1.165, 1.54) is 37.9 Å². The van der Waals surface area contributed by atoms with E-state index in [9.17, 15) is 4.79 Å². The molecule has 2 aliphatic rings. The number of rotatable bonds is 4. The number of piperazine rings is 1. The van der Waals surface area contributed by atoms with Crippen LogP contribution in [-0.4, -0.2) is 60.0 Å². The summed E-state index contributed by atoms with van der Waals surface area (Å²) in [4.78, 5) is 23.8. The van der Waals surface area contributed by atoms with Crippen molar-refractivity contribution in [3.8, 4) is 6.07 Å². The van der Waals surface area contributed by atoms with Crippen LogP contribution in [0.3, 0.4) is 0 Å². The molecule has 0 saturated carbocycles. The van der Waals surface area contributed by atoms with Crippen LogP contribution in [0.2, 0.25) is 0 Å². The van der Waals surface area contributed by atoms with Crippen LogP contribution in [0, 0.1) is 11.3 Å². The van der Waals surface area contributed by atoms with Crippen LogP contribution >= 0.6 is 0 Å². The monoisotopic (exact) mass is 389 g/mol. The smallest absolute Gasteiger partial charge is 0.253 e. The molecule has 0 unspecified atom stereocenters. The van der Waals surface area contributed by atoms with Gasteiger partial charge in [0.05, 0.1) is 11.6 Å². The van der Waals surface area contributed by atoms with Gasteiger partial charge in [-0.3, -0.25) is 9.69 Å². The topological polar surface area (TPSA) is 63.5 Å². The lowest BCUT2D eigenvalue weighted by Crippen LogP contribution is -2.49. The summed E-state index contributed by atoms with van der Waals surface area (Å²) in [7, 11) is 0. The first-order valence-electron chi connectivity index (χ1n) is 10.4. The molecule has 0 spiro atoms. The lowest BCUT2D eigenvalue weighted by molar-refractivity contribution is 0.0746. The quantitative estimate of drug-likeness (QED) is 0.805. The van der Waals surface area contributed by atoms with Crippen molar-refractivity contribution < 1.29 is 4.79 Å². The highest BCUT2D eigenvalue weighted by Gasteiger charge is 2.23. The maximum absolute atomic E-state index is 12.9. The number of nitrogens with zero attached hydrogens (tertiary/aromatic N) is 5. The van der Waals surface area contributed by atoms with Crippen molar-refractivity contribution in [1.29, 1.82) is 5.26 Å². The Morgan fingerprint density at radius 2 is 1.69 bits per heavy atom. The van der Waals surface area contributed by atoms with Gasteiger partial charge < -0.3 is 9.80 Å². The molecule has 2 saturated heterocycles. The summed E-state index contributed by atoms with van der Waals surface area (Å²) in [6.45, 7) is 6.09. The average molecular weight is 390 g/mol. The summed E-state index contributed by atoms with van der Waals surface area (Å²) < 4.78 is 0. The van der Waals surface area contributed by atoms with Crippen molar-refractivity contribution in [2.75, 3.05) is 44.2 Å². The number of carbonyl (C=O) groups is 1. The molecule has 0 aliphatic carbocycles. The molecule has 150 valence electrons. The third kappa shape index (κ3) is 4.75. The summed E-state index contributed by atoms with van der Waals surface area (Å²) in [5.74, 6) is 0.895. The lowest BCUT2D eigenvalue weighted by Gasteiger charge is -2.35. The minimum Gasteiger partial charge on any atom is -0.353 e. The minimum absolute atomic E-state index is 0.0907. The number of hydrogen-bond donors (Lipinski definition) is 0. The van der Waals surface area contributed by atoms with E-state index in [4.69, 9.17) is 5.26 Å². The molecule has 3 heterocycles. The average Bonchev–Trinajstić information content (AvgIpc) is 2.80. The number of pyridine rings is 1. The molecular weight excluding hydrogens is 362 g/mol. The highest BCUT2D eigenvalue weighted by Crippen LogP contribution is 2.17. The first-order chi connectivity index (χ1) is 14.2. The number of nitriles is 1. The van der Waals surface area contributed by atoms with Gasteiger partial charge in [-0.25, -0.2) is 4.98 Å². The lowest BCUT2D eigenvalue weighted by atomic mass is 10.1. The standard InChI is InChI=1S/C23H27N5O/c24-17-20-8-9-25-22(16-20)27-12-14-28(15-13-27)23(29)21-6-4-19(5-7-21)18-26-10-2-1-3-11-26/h4-9,16H,1-3,10-15,18H2. The van der Waals surface area contributed by atoms with Crippen LogP contribution in [0.4, 0.5) is 5.82 Å². The molecule has 2 aromatic rings. The predicted octanol–water partition coefficient (Wildman–Crippen LogP) is 2.90. The number of hydrogen-bond acceptors (Lipinski definition) is 5. The zero-order valence-corrected chi connectivity index (χ0v) is 16.8. The highest BCUT2D eigenvalue weighted by atomic mass is 16.2. The fourth-order valence-corrected chi connectivity index (χ4v) is 4.11. The van der Waals surface area contributed by atoms with E-state index in [0.717, 1.165) is 31.0 Å². The van der Waals surface area contributed by atoms with E-state index < -0.39 is 0 Å². The molecule has 1 amide bonds. The molecule has 4 rings (SSSR count). The number of likely N-dealkylation sites (tertiary alicyclic amines) is 1. The largest absolute Gasteiger partial charge is 0.353 e. The summed E-state index contributed by atoms with van der Waals surface area (Å²) in [5.41, 5.74) is 2.64. The Hall–Kier alpha value is -2.91. The van der Waals surface area contributed by atoms with Crippen molar-refractivity contribution in [3.63, 3.8) is 0 Å². The zero-order chi connectivity index (χ0) is 20.1. The van der Waals surface area contributed by atoms with Gasteiger partial charge in [0.15, 0.2) is 0 Å². The highest BCUT2D eigenvalue weighted by molar-refractivity contribution is 5.94. The zero-order valence-electron chi connectivity index (χ0n) is 16.8. The van der Waals surface area contributed by atoms with Crippen molar-refractivity contribution >= 4 is 11.7 Å². The molecule has 0 N–H and O–H groups in total. The SMILES string of the molecule is N#Cc1ccnc(N2CCN(C(=O)c3ccc(CN4CCCCC4)cc3)CC2)c1. The van der Waals surface area contributed by atoms with Crippen LogP contribution in [0.15, 0.2) is 42.6 Å². The summed E-state index contributed by atoms with van der Waals surface area (Å²) in [6, 6.07) is 13.8. The molecule has 6 heteroatoms. The summed E-state index contributed by atoms with van der Waals surface area (Å²) >= 11 is 0. The molecule has 1 aromatic heterocycles. The number of carbonyl (C=O) groups excluding carboxylic acids is 1. The van der Waals surface area contributed by atoms with Crippen molar-refractivity contribution in [2.24, 2.45) is 0 Å².